The van der Waals surface area contributed by atoms with Gasteiger partial charge in [-0.05, 0) is 48.2 Å². The molecule has 0 bridgehead atoms. The lowest BCUT2D eigenvalue weighted by molar-refractivity contribution is -0.141. The minimum absolute atomic E-state index is 0.235. The molecule has 1 N–H and O–H groups in total. The van der Waals surface area contributed by atoms with Gasteiger partial charge in [-0.15, -0.1) is 0 Å². The molecule has 2 heterocycles. The molecule has 5 nitrogen and oxygen atoms in total. The predicted octanol–water partition coefficient (Wildman–Crippen LogP) is 5.63. The zero-order valence-corrected chi connectivity index (χ0v) is 17.6. The van der Waals surface area contributed by atoms with Crippen molar-refractivity contribution in [2.75, 3.05) is 0 Å². The number of amides is 1. The van der Waals surface area contributed by atoms with Crippen molar-refractivity contribution >= 4 is 35.1 Å². The van der Waals surface area contributed by atoms with E-state index in [1.807, 2.05) is 0 Å². The summed E-state index contributed by atoms with van der Waals surface area (Å²) >= 11 is 12.1. The molecular formula is C23H17Cl2FN2O3. The van der Waals surface area contributed by atoms with Crippen molar-refractivity contribution in [2.45, 2.75) is 24.9 Å². The first-order valence-corrected chi connectivity index (χ1v) is 10.3. The Morgan fingerprint density at radius 2 is 1.74 bits per heavy atom. The van der Waals surface area contributed by atoms with Gasteiger partial charge in [0.1, 0.15) is 6.04 Å². The van der Waals surface area contributed by atoms with Crippen LogP contribution in [0.15, 0.2) is 60.8 Å². The van der Waals surface area contributed by atoms with E-state index in [2.05, 4.69) is 4.98 Å². The second kappa shape index (κ2) is 8.65. The molecule has 0 radical (unpaired) electrons. The number of hydrogen-bond donors (Lipinski definition) is 1. The summed E-state index contributed by atoms with van der Waals surface area (Å²) in [7, 11) is 0. The number of likely N-dealkylation sites (tertiary alicyclic amines) is 1. The molecular weight excluding hydrogens is 442 g/mol. The lowest BCUT2D eigenvalue weighted by Crippen LogP contribution is -2.41. The SMILES string of the molecule is O=C(O)[C@@H]1CC[C@H](c2ccccc2Cl)N1C(=O)c1ccc(-c2ccnc(Cl)c2F)cc1. The molecule has 0 spiro atoms. The summed E-state index contributed by atoms with van der Waals surface area (Å²) in [6.07, 6.45) is 2.22. The molecule has 4 rings (SSSR count). The Kier molecular flexibility index (Phi) is 5.94. The number of hydrogen-bond acceptors (Lipinski definition) is 3. The van der Waals surface area contributed by atoms with Gasteiger partial charge in [0.05, 0.1) is 6.04 Å². The number of carbonyl (C=O) groups is 2. The summed E-state index contributed by atoms with van der Waals surface area (Å²) in [5, 5.41) is 9.92. The van der Waals surface area contributed by atoms with Gasteiger partial charge in [-0.3, -0.25) is 4.79 Å². The average Bonchev–Trinajstić information content (AvgIpc) is 3.21. The molecule has 0 aliphatic carbocycles. The zero-order chi connectivity index (χ0) is 22.1. The fraction of sp³-hybridized carbons (Fsp3) is 0.174. The molecule has 1 fully saturated rings. The molecule has 8 heteroatoms. The number of halogens is 3. The van der Waals surface area contributed by atoms with Crippen LogP contribution in [0.3, 0.4) is 0 Å². The smallest absolute Gasteiger partial charge is 0.326 e. The molecule has 1 saturated heterocycles. The van der Waals surface area contributed by atoms with Crippen molar-refractivity contribution in [2.24, 2.45) is 0 Å². The van der Waals surface area contributed by atoms with E-state index >= 15 is 0 Å². The summed E-state index contributed by atoms with van der Waals surface area (Å²) in [6.45, 7) is 0. The number of aromatic nitrogens is 1. The first-order chi connectivity index (χ1) is 14.9. The van der Waals surface area contributed by atoms with Crippen LogP contribution in [0, 0.1) is 5.82 Å². The van der Waals surface area contributed by atoms with E-state index in [1.165, 1.54) is 17.2 Å². The van der Waals surface area contributed by atoms with Crippen LogP contribution in [0.1, 0.15) is 34.8 Å². The van der Waals surface area contributed by atoms with Crippen LogP contribution in [0.4, 0.5) is 4.39 Å². The van der Waals surface area contributed by atoms with Crippen molar-refractivity contribution in [1.82, 2.24) is 9.88 Å². The van der Waals surface area contributed by atoms with Gasteiger partial charge in [0.25, 0.3) is 5.91 Å². The van der Waals surface area contributed by atoms with E-state index in [0.717, 1.165) is 0 Å². The third-order valence-electron chi connectivity index (χ3n) is 5.46. The maximum Gasteiger partial charge on any atom is 0.326 e. The second-order valence-electron chi connectivity index (χ2n) is 7.22. The summed E-state index contributed by atoms with van der Waals surface area (Å²) in [5.41, 5.74) is 1.80. The van der Waals surface area contributed by atoms with Crippen molar-refractivity contribution < 1.29 is 19.1 Å². The Bertz CT molecular complexity index is 1150. The van der Waals surface area contributed by atoms with Gasteiger partial charge in [0.2, 0.25) is 0 Å². The number of nitrogens with zero attached hydrogens (tertiary/aromatic N) is 2. The average molecular weight is 459 g/mol. The van der Waals surface area contributed by atoms with Gasteiger partial charge in [-0.25, -0.2) is 14.2 Å². The van der Waals surface area contributed by atoms with Gasteiger partial charge >= 0.3 is 5.97 Å². The van der Waals surface area contributed by atoms with Crippen LogP contribution in [0.2, 0.25) is 10.2 Å². The third kappa shape index (κ3) is 4.01. The van der Waals surface area contributed by atoms with E-state index in [9.17, 15) is 19.1 Å². The predicted molar refractivity (Wildman–Crippen MR) is 116 cm³/mol. The van der Waals surface area contributed by atoms with Gasteiger partial charge < -0.3 is 10.0 Å². The van der Waals surface area contributed by atoms with Crippen molar-refractivity contribution in [3.63, 3.8) is 0 Å². The van der Waals surface area contributed by atoms with Crippen LogP contribution < -0.4 is 0 Å². The Labute approximate surface area is 188 Å². The van der Waals surface area contributed by atoms with Crippen molar-refractivity contribution in [3.8, 4) is 11.1 Å². The largest absolute Gasteiger partial charge is 0.480 e. The second-order valence-corrected chi connectivity index (χ2v) is 7.99. The highest BCUT2D eigenvalue weighted by molar-refractivity contribution is 6.31. The maximum absolute atomic E-state index is 14.3. The van der Waals surface area contributed by atoms with E-state index in [1.54, 1.807) is 48.5 Å². The number of carbonyl (C=O) groups excluding carboxylic acids is 1. The van der Waals surface area contributed by atoms with Gasteiger partial charge in [0.15, 0.2) is 11.0 Å². The minimum Gasteiger partial charge on any atom is -0.480 e. The van der Waals surface area contributed by atoms with Crippen LogP contribution in [0.5, 0.6) is 0 Å². The Morgan fingerprint density at radius 1 is 1.03 bits per heavy atom. The number of aliphatic carboxylic acids is 1. The van der Waals surface area contributed by atoms with Crippen molar-refractivity contribution in [1.29, 1.82) is 0 Å². The highest BCUT2D eigenvalue weighted by Gasteiger charge is 2.42. The molecule has 2 atom stereocenters. The van der Waals surface area contributed by atoms with Crippen LogP contribution >= 0.6 is 23.2 Å². The van der Waals surface area contributed by atoms with E-state index in [4.69, 9.17) is 23.2 Å². The summed E-state index contributed by atoms with van der Waals surface area (Å²) < 4.78 is 14.3. The van der Waals surface area contributed by atoms with E-state index < -0.39 is 29.8 Å². The molecule has 0 unspecified atom stereocenters. The molecule has 1 aliphatic rings. The highest BCUT2D eigenvalue weighted by Crippen LogP contribution is 2.40. The number of benzene rings is 2. The van der Waals surface area contributed by atoms with Crippen molar-refractivity contribution in [3.05, 3.63) is 87.9 Å². The quantitative estimate of drug-likeness (QED) is 0.514. The molecule has 158 valence electrons. The topological polar surface area (TPSA) is 70.5 Å². The molecule has 2 aromatic carbocycles. The molecule has 0 saturated carbocycles. The third-order valence-corrected chi connectivity index (χ3v) is 6.07. The maximum atomic E-state index is 14.3. The highest BCUT2D eigenvalue weighted by atomic mass is 35.5. The fourth-order valence-corrected chi connectivity index (χ4v) is 4.39. The van der Waals surface area contributed by atoms with Gasteiger partial charge in [0, 0.05) is 22.3 Å². The van der Waals surface area contributed by atoms with Crippen LogP contribution in [-0.2, 0) is 4.79 Å². The van der Waals surface area contributed by atoms with E-state index in [0.29, 0.717) is 34.6 Å². The monoisotopic (exact) mass is 458 g/mol. The number of carboxylic acids is 1. The number of carboxylic acid groups (broad SMARTS) is 1. The standard InChI is InChI=1S/C23H17Cl2FN2O3/c24-17-4-2-1-3-16(17)18-9-10-19(23(30)31)28(18)22(29)14-7-5-13(6-8-14)15-11-12-27-21(25)20(15)26/h1-8,11-12,18-19H,9-10H2,(H,30,31)/t18-,19+/m1/s1. The molecule has 1 aliphatic heterocycles. The molecule has 3 aromatic rings. The Morgan fingerprint density at radius 3 is 2.42 bits per heavy atom. The molecule has 1 aromatic heterocycles. The lowest BCUT2D eigenvalue weighted by atomic mass is 10.0. The normalized spacial score (nSPS) is 18.2. The first-order valence-electron chi connectivity index (χ1n) is 9.59. The van der Waals surface area contributed by atoms with Crippen LogP contribution in [0.25, 0.3) is 11.1 Å². The van der Waals surface area contributed by atoms with Crippen LogP contribution in [-0.4, -0.2) is 32.9 Å². The first kappa shape index (κ1) is 21.3. The number of rotatable bonds is 4. The Balaban J connectivity index is 1.68. The Hall–Kier alpha value is -2.96. The molecule has 1 amide bonds. The van der Waals surface area contributed by atoms with Gasteiger partial charge in [-0.2, -0.15) is 0 Å². The zero-order valence-electron chi connectivity index (χ0n) is 16.1. The minimum atomic E-state index is -1.06. The number of pyridine rings is 1. The summed E-state index contributed by atoms with van der Waals surface area (Å²) in [4.78, 5) is 30.2. The summed E-state index contributed by atoms with van der Waals surface area (Å²) in [5.74, 6) is -2.13. The van der Waals surface area contributed by atoms with E-state index in [-0.39, 0.29) is 10.7 Å². The van der Waals surface area contributed by atoms with Gasteiger partial charge in [-0.1, -0.05) is 53.5 Å². The lowest BCUT2D eigenvalue weighted by Gasteiger charge is -2.29. The summed E-state index contributed by atoms with van der Waals surface area (Å²) in [6, 6.07) is 13.5. The molecule has 31 heavy (non-hydrogen) atoms. The fourth-order valence-electron chi connectivity index (χ4n) is 3.97.